The molecule has 4 N–H and O–H groups in total. The second kappa shape index (κ2) is 6.64. The predicted octanol–water partition coefficient (Wildman–Crippen LogP) is -0.422. The van der Waals surface area contributed by atoms with Crippen LogP contribution in [0.4, 0.5) is 0 Å². The number of aliphatic carboxylic acids is 1. The molecule has 0 saturated heterocycles. The van der Waals surface area contributed by atoms with Crippen LogP contribution in [0.3, 0.4) is 0 Å². The first-order valence-corrected chi connectivity index (χ1v) is 5.57. The molecule has 0 bridgehead atoms. The zero-order chi connectivity index (χ0) is 14.4. The molecule has 19 heavy (non-hydrogen) atoms. The summed E-state index contributed by atoms with van der Waals surface area (Å²) in [4.78, 5) is 40.6. The number of nitrogens with zero attached hydrogens (tertiary/aromatic N) is 2. The van der Waals surface area contributed by atoms with E-state index < -0.39 is 23.8 Å². The number of hydrogen-bond donors (Lipinski definition) is 3. The van der Waals surface area contributed by atoms with Crippen molar-refractivity contribution in [1.29, 1.82) is 0 Å². The lowest BCUT2D eigenvalue weighted by atomic mass is 10.1. The second-order valence-electron chi connectivity index (χ2n) is 3.60. The van der Waals surface area contributed by atoms with Crippen LogP contribution < -0.4 is 11.1 Å². The predicted molar refractivity (Wildman–Crippen MR) is 64.4 cm³/mol. The zero-order valence-electron chi connectivity index (χ0n) is 9.67. The maximum Gasteiger partial charge on any atom is 0.326 e. The average Bonchev–Trinajstić information content (AvgIpc) is 2.33. The minimum absolute atomic E-state index is 0.0108. The van der Waals surface area contributed by atoms with Gasteiger partial charge in [0.1, 0.15) is 16.9 Å². The van der Waals surface area contributed by atoms with Crippen LogP contribution in [0.15, 0.2) is 12.4 Å². The van der Waals surface area contributed by atoms with Gasteiger partial charge in [-0.15, -0.1) is 0 Å². The van der Waals surface area contributed by atoms with Gasteiger partial charge in [-0.2, -0.15) is 0 Å². The summed E-state index contributed by atoms with van der Waals surface area (Å²) in [7, 11) is 0. The van der Waals surface area contributed by atoms with E-state index in [1.807, 2.05) is 0 Å². The molecule has 0 radical (unpaired) electrons. The van der Waals surface area contributed by atoms with E-state index in [4.69, 9.17) is 22.4 Å². The minimum atomic E-state index is -1.27. The van der Waals surface area contributed by atoms with Crippen LogP contribution in [0.1, 0.15) is 23.3 Å². The van der Waals surface area contributed by atoms with E-state index in [1.165, 1.54) is 6.20 Å². The summed E-state index contributed by atoms with van der Waals surface area (Å²) in [6, 6.07) is -1.24. The Labute approximate surface area is 113 Å². The summed E-state index contributed by atoms with van der Waals surface area (Å²) in [5.41, 5.74) is 4.81. The fourth-order valence-corrected chi connectivity index (χ4v) is 1.38. The van der Waals surface area contributed by atoms with Crippen LogP contribution in [-0.2, 0) is 9.59 Å². The van der Waals surface area contributed by atoms with Gasteiger partial charge in [-0.05, 0) is 6.42 Å². The lowest BCUT2D eigenvalue weighted by Gasteiger charge is -2.13. The van der Waals surface area contributed by atoms with E-state index >= 15 is 0 Å². The Morgan fingerprint density at radius 3 is 2.63 bits per heavy atom. The molecule has 9 heteroatoms. The molecule has 1 atom stereocenters. The number of aromatic nitrogens is 2. The number of carboxylic acid groups (broad SMARTS) is 1. The van der Waals surface area contributed by atoms with E-state index in [0.29, 0.717) is 0 Å². The Morgan fingerprint density at radius 2 is 2.11 bits per heavy atom. The molecule has 1 rings (SSSR count). The van der Waals surface area contributed by atoms with Gasteiger partial charge in [-0.3, -0.25) is 14.6 Å². The van der Waals surface area contributed by atoms with Crippen LogP contribution in [-0.4, -0.2) is 38.9 Å². The highest BCUT2D eigenvalue weighted by Gasteiger charge is 2.22. The van der Waals surface area contributed by atoms with E-state index in [-0.39, 0.29) is 23.7 Å². The van der Waals surface area contributed by atoms with Crippen molar-refractivity contribution in [3.8, 4) is 0 Å². The monoisotopic (exact) mass is 286 g/mol. The number of amides is 2. The number of nitrogens with one attached hydrogen (secondary N) is 1. The van der Waals surface area contributed by atoms with Crippen molar-refractivity contribution in [1.82, 2.24) is 15.3 Å². The van der Waals surface area contributed by atoms with E-state index in [2.05, 4.69) is 15.3 Å². The third-order valence-electron chi connectivity index (χ3n) is 2.12. The number of primary amides is 1. The molecule has 0 spiro atoms. The number of carbonyl (C=O) groups excluding carboxylic acids is 2. The van der Waals surface area contributed by atoms with Crippen LogP contribution in [0.5, 0.6) is 0 Å². The molecular weight excluding hydrogens is 276 g/mol. The van der Waals surface area contributed by atoms with Gasteiger partial charge in [-0.1, -0.05) is 11.6 Å². The Kier molecular flexibility index (Phi) is 5.19. The van der Waals surface area contributed by atoms with Gasteiger partial charge in [0.15, 0.2) is 0 Å². The summed E-state index contributed by atoms with van der Waals surface area (Å²) in [6.07, 6.45) is 2.12. The van der Waals surface area contributed by atoms with Crippen molar-refractivity contribution in [2.24, 2.45) is 5.73 Å². The highest BCUT2D eigenvalue weighted by atomic mass is 35.5. The molecule has 102 valence electrons. The quantitative estimate of drug-likeness (QED) is 0.650. The van der Waals surface area contributed by atoms with Crippen molar-refractivity contribution in [3.63, 3.8) is 0 Å². The normalized spacial score (nSPS) is 11.6. The number of halogens is 1. The third kappa shape index (κ3) is 4.88. The highest BCUT2D eigenvalue weighted by Crippen LogP contribution is 2.04. The van der Waals surface area contributed by atoms with Crippen molar-refractivity contribution in [3.05, 3.63) is 23.2 Å². The molecule has 0 aliphatic heterocycles. The molecule has 8 nitrogen and oxygen atoms in total. The van der Waals surface area contributed by atoms with Crippen LogP contribution in [0.2, 0.25) is 5.15 Å². The van der Waals surface area contributed by atoms with E-state index in [9.17, 15) is 14.4 Å². The lowest BCUT2D eigenvalue weighted by Crippen LogP contribution is -2.41. The van der Waals surface area contributed by atoms with Crippen LogP contribution in [0.25, 0.3) is 0 Å². The number of nitrogens with two attached hydrogens (primary N) is 1. The molecular formula is C10H11ClN4O4. The molecule has 0 saturated carbocycles. The van der Waals surface area contributed by atoms with Crippen LogP contribution >= 0.6 is 11.6 Å². The Hall–Kier alpha value is -2.22. The fraction of sp³-hybridized carbons (Fsp3) is 0.300. The molecule has 0 aliphatic carbocycles. The average molecular weight is 287 g/mol. The molecule has 0 aromatic carbocycles. The van der Waals surface area contributed by atoms with E-state index in [0.717, 1.165) is 6.20 Å². The van der Waals surface area contributed by atoms with Gasteiger partial charge in [-0.25, -0.2) is 9.78 Å². The lowest BCUT2D eigenvalue weighted by molar-refractivity contribution is -0.139. The second-order valence-corrected chi connectivity index (χ2v) is 3.98. The molecule has 0 fully saturated rings. The first kappa shape index (κ1) is 14.8. The highest BCUT2D eigenvalue weighted by molar-refractivity contribution is 6.29. The number of hydrogen-bond acceptors (Lipinski definition) is 5. The summed E-state index contributed by atoms with van der Waals surface area (Å²) < 4.78 is 0. The molecule has 1 aromatic heterocycles. The van der Waals surface area contributed by atoms with Crippen molar-refractivity contribution in [2.45, 2.75) is 18.9 Å². The van der Waals surface area contributed by atoms with Crippen molar-refractivity contribution >= 4 is 29.4 Å². The summed E-state index contributed by atoms with van der Waals surface area (Å²) >= 11 is 5.56. The number of carbonyl (C=O) groups is 3. The maximum atomic E-state index is 11.7. The number of carboxylic acids is 1. The first-order chi connectivity index (χ1) is 8.90. The SMILES string of the molecule is NC(=O)CC[C@@H](NC(=O)c1cncc(Cl)n1)C(=O)O. The Morgan fingerprint density at radius 1 is 1.42 bits per heavy atom. The Balaban J connectivity index is 2.71. The smallest absolute Gasteiger partial charge is 0.326 e. The summed E-state index contributed by atoms with van der Waals surface area (Å²) in [5, 5.41) is 11.1. The zero-order valence-corrected chi connectivity index (χ0v) is 10.4. The number of rotatable bonds is 6. The summed E-state index contributed by atoms with van der Waals surface area (Å²) in [6.45, 7) is 0. The van der Waals surface area contributed by atoms with Gasteiger partial charge < -0.3 is 16.2 Å². The third-order valence-corrected chi connectivity index (χ3v) is 2.30. The fourth-order valence-electron chi connectivity index (χ4n) is 1.23. The van der Waals surface area contributed by atoms with Gasteiger partial charge in [0.2, 0.25) is 5.91 Å². The molecule has 2 amide bonds. The molecule has 1 heterocycles. The van der Waals surface area contributed by atoms with Gasteiger partial charge >= 0.3 is 5.97 Å². The van der Waals surface area contributed by atoms with E-state index in [1.54, 1.807) is 0 Å². The summed E-state index contributed by atoms with van der Waals surface area (Å²) in [5.74, 6) is -2.67. The van der Waals surface area contributed by atoms with Gasteiger partial charge in [0.05, 0.1) is 12.4 Å². The van der Waals surface area contributed by atoms with Gasteiger partial charge in [0.25, 0.3) is 5.91 Å². The van der Waals surface area contributed by atoms with Crippen LogP contribution in [0, 0.1) is 0 Å². The largest absolute Gasteiger partial charge is 0.480 e. The first-order valence-electron chi connectivity index (χ1n) is 5.19. The molecule has 0 aliphatic rings. The standard InChI is InChI=1S/C10H11ClN4O4/c11-7-4-13-3-6(14-7)9(17)15-5(10(18)19)1-2-8(12)16/h3-5H,1-2H2,(H2,12,16)(H,15,17)(H,18,19)/t5-/m1/s1. The topological polar surface area (TPSA) is 135 Å². The van der Waals surface area contributed by atoms with Gasteiger partial charge in [0, 0.05) is 6.42 Å². The Bertz CT molecular complexity index is 508. The molecule has 0 unspecified atom stereocenters. The van der Waals surface area contributed by atoms with Crippen molar-refractivity contribution in [2.75, 3.05) is 0 Å². The maximum absolute atomic E-state index is 11.7. The minimum Gasteiger partial charge on any atom is -0.480 e. The van der Waals surface area contributed by atoms with Crippen molar-refractivity contribution < 1.29 is 19.5 Å². The molecule has 1 aromatic rings.